The molecule has 1 aromatic carbocycles. The molecule has 0 bridgehead atoms. The molecular formula is C11H10BrClN2O. The number of nitrogens with zero attached hydrogens (tertiary/aromatic N) is 1. The summed E-state index contributed by atoms with van der Waals surface area (Å²) in [5.41, 5.74) is 1.86. The first-order valence-corrected chi connectivity index (χ1v) is 6.01. The fourth-order valence-electron chi connectivity index (χ4n) is 1.46. The van der Waals surface area contributed by atoms with E-state index in [1.165, 1.54) is 0 Å². The van der Waals surface area contributed by atoms with Crippen LogP contribution in [0.2, 0.25) is 0 Å². The molecule has 84 valence electrons. The molecule has 0 aliphatic carbocycles. The summed E-state index contributed by atoms with van der Waals surface area (Å²) in [5, 5.41) is 0. The monoisotopic (exact) mass is 300 g/mol. The van der Waals surface area contributed by atoms with Gasteiger partial charge in [0.05, 0.1) is 24.9 Å². The van der Waals surface area contributed by atoms with Gasteiger partial charge in [0.2, 0.25) is 0 Å². The quantitative estimate of drug-likeness (QED) is 0.880. The molecule has 0 amide bonds. The molecule has 0 saturated carbocycles. The van der Waals surface area contributed by atoms with Crippen LogP contribution in [-0.2, 0) is 5.88 Å². The highest BCUT2D eigenvalue weighted by Gasteiger charge is 2.09. The van der Waals surface area contributed by atoms with E-state index in [2.05, 4.69) is 25.9 Å². The van der Waals surface area contributed by atoms with Crippen LogP contribution < -0.4 is 4.74 Å². The van der Waals surface area contributed by atoms with Crippen LogP contribution in [0.4, 0.5) is 0 Å². The number of rotatable bonds is 3. The van der Waals surface area contributed by atoms with E-state index in [1.807, 2.05) is 18.2 Å². The minimum absolute atomic E-state index is 0.371. The average molecular weight is 302 g/mol. The maximum Gasteiger partial charge on any atom is 0.128 e. The highest BCUT2D eigenvalue weighted by Crippen LogP contribution is 2.31. The highest BCUT2D eigenvalue weighted by molar-refractivity contribution is 9.10. The summed E-state index contributed by atoms with van der Waals surface area (Å²) in [6, 6.07) is 5.81. The van der Waals surface area contributed by atoms with Crippen molar-refractivity contribution in [3.8, 4) is 17.0 Å². The lowest BCUT2D eigenvalue weighted by Gasteiger charge is -2.06. The molecule has 0 fully saturated rings. The van der Waals surface area contributed by atoms with Crippen LogP contribution in [0.5, 0.6) is 5.75 Å². The van der Waals surface area contributed by atoms with E-state index < -0.39 is 0 Å². The molecule has 0 unspecified atom stereocenters. The molecule has 1 aromatic heterocycles. The molecular weight excluding hydrogens is 291 g/mol. The Kier molecular flexibility index (Phi) is 3.51. The number of aromatic amines is 1. The smallest absolute Gasteiger partial charge is 0.128 e. The maximum atomic E-state index is 5.70. The zero-order valence-corrected chi connectivity index (χ0v) is 11.0. The third-order valence-corrected chi connectivity index (χ3v) is 2.95. The second-order valence-corrected chi connectivity index (χ2v) is 4.40. The number of H-pyrrole nitrogens is 1. The fraction of sp³-hybridized carbons (Fsp3) is 0.182. The van der Waals surface area contributed by atoms with E-state index in [4.69, 9.17) is 16.3 Å². The van der Waals surface area contributed by atoms with Crippen LogP contribution in [-0.4, -0.2) is 17.1 Å². The minimum atomic E-state index is 0.371. The number of ether oxygens (including phenoxy) is 1. The summed E-state index contributed by atoms with van der Waals surface area (Å²) in [5.74, 6) is 1.92. The van der Waals surface area contributed by atoms with Crippen molar-refractivity contribution in [3.05, 3.63) is 34.7 Å². The Morgan fingerprint density at radius 2 is 2.31 bits per heavy atom. The van der Waals surface area contributed by atoms with Crippen LogP contribution >= 0.6 is 27.5 Å². The van der Waals surface area contributed by atoms with Gasteiger partial charge in [-0.25, -0.2) is 4.98 Å². The van der Waals surface area contributed by atoms with Crippen molar-refractivity contribution in [2.75, 3.05) is 7.11 Å². The second kappa shape index (κ2) is 4.89. The van der Waals surface area contributed by atoms with Crippen LogP contribution in [0.3, 0.4) is 0 Å². The van der Waals surface area contributed by atoms with Gasteiger partial charge in [0, 0.05) is 10.0 Å². The van der Waals surface area contributed by atoms with Gasteiger partial charge in [-0.05, 0) is 18.2 Å². The van der Waals surface area contributed by atoms with E-state index in [1.54, 1.807) is 13.3 Å². The number of methoxy groups -OCH3 is 1. The topological polar surface area (TPSA) is 37.9 Å². The standard InChI is InChI=1S/C11H10BrClN2O/c1-16-10-3-2-7(12)4-8(10)9-6-14-11(5-13)15-9/h2-4,6H,5H2,1H3,(H,14,15). The van der Waals surface area contributed by atoms with Crippen molar-refractivity contribution in [2.24, 2.45) is 0 Å². The molecule has 2 aromatic rings. The van der Waals surface area contributed by atoms with E-state index >= 15 is 0 Å². The summed E-state index contributed by atoms with van der Waals surface area (Å²) in [6.45, 7) is 0. The van der Waals surface area contributed by atoms with Gasteiger partial charge in [0.15, 0.2) is 0 Å². The fourth-order valence-corrected chi connectivity index (χ4v) is 1.95. The normalized spacial score (nSPS) is 10.4. The molecule has 0 saturated heterocycles. The highest BCUT2D eigenvalue weighted by atomic mass is 79.9. The van der Waals surface area contributed by atoms with E-state index in [0.717, 1.165) is 27.3 Å². The number of hydrogen-bond donors (Lipinski definition) is 1. The Balaban J connectivity index is 2.49. The van der Waals surface area contributed by atoms with Gasteiger partial charge in [-0.3, -0.25) is 0 Å². The molecule has 2 rings (SSSR count). The van der Waals surface area contributed by atoms with Crippen molar-refractivity contribution in [3.63, 3.8) is 0 Å². The lowest BCUT2D eigenvalue weighted by Crippen LogP contribution is -1.88. The van der Waals surface area contributed by atoms with Crippen LogP contribution in [0.15, 0.2) is 28.9 Å². The largest absolute Gasteiger partial charge is 0.496 e. The van der Waals surface area contributed by atoms with Crippen LogP contribution in [0, 0.1) is 0 Å². The number of hydrogen-bond acceptors (Lipinski definition) is 2. The Bertz CT molecular complexity index is 498. The molecule has 16 heavy (non-hydrogen) atoms. The van der Waals surface area contributed by atoms with Gasteiger partial charge in [0.1, 0.15) is 11.6 Å². The maximum absolute atomic E-state index is 5.70. The lowest BCUT2D eigenvalue weighted by molar-refractivity contribution is 0.416. The number of benzene rings is 1. The first-order valence-electron chi connectivity index (χ1n) is 4.68. The molecule has 5 heteroatoms. The minimum Gasteiger partial charge on any atom is -0.496 e. The van der Waals surface area contributed by atoms with Gasteiger partial charge in [0.25, 0.3) is 0 Å². The third-order valence-electron chi connectivity index (χ3n) is 2.21. The molecule has 3 nitrogen and oxygen atoms in total. The lowest BCUT2D eigenvalue weighted by atomic mass is 10.1. The molecule has 0 atom stereocenters. The van der Waals surface area contributed by atoms with Crippen molar-refractivity contribution < 1.29 is 4.74 Å². The predicted molar refractivity (Wildman–Crippen MR) is 67.8 cm³/mol. The van der Waals surface area contributed by atoms with Crippen molar-refractivity contribution >= 4 is 27.5 Å². The van der Waals surface area contributed by atoms with Gasteiger partial charge in [-0.1, -0.05) is 15.9 Å². The number of imidazole rings is 1. The zero-order valence-electron chi connectivity index (χ0n) is 8.63. The van der Waals surface area contributed by atoms with Crippen molar-refractivity contribution in [1.82, 2.24) is 9.97 Å². The molecule has 0 radical (unpaired) electrons. The predicted octanol–water partition coefficient (Wildman–Crippen LogP) is 3.59. The number of alkyl halides is 1. The molecule has 1 N–H and O–H groups in total. The Labute approximate surface area is 107 Å². The zero-order chi connectivity index (χ0) is 11.5. The number of nitrogens with one attached hydrogen (secondary N) is 1. The van der Waals surface area contributed by atoms with Crippen molar-refractivity contribution in [2.45, 2.75) is 5.88 Å². The molecule has 1 heterocycles. The number of aromatic nitrogens is 2. The summed E-state index contributed by atoms with van der Waals surface area (Å²) in [7, 11) is 1.64. The summed E-state index contributed by atoms with van der Waals surface area (Å²) in [6.07, 6.45) is 1.75. The second-order valence-electron chi connectivity index (χ2n) is 3.22. The molecule has 0 aliphatic heterocycles. The summed E-state index contributed by atoms with van der Waals surface area (Å²) >= 11 is 9.13. The van der Waals surface area contributed by atoms with E-state index in [0.29, 0.717) is 5.88 Å². The van der Waals surface area contributed by atoms with E-state index in [-0.39, 0.29) is 0 Å². The van der Waals surface area contributed by atoms with Gasteiger partial charge >= 0.3 is 0 Å². The van der Waals surface area contributed by atoms with Crippen molar-refractivity contribution in [1.29, 1.82) is 0 Å². The summed E-state index contributed by atoms with van der Waals surface area (Å²) < 4.78 is 6.29. The molecule has 0 spiro atoms. The first kappa shape index (κ1) is 11.5. The van der Waals surface area contributed by atoms with Gasteiger partial charge in [-0.15, -0.1) is 11.6 Å². The van der Waals surface area contributed by atoms with Gasteiger partial charge in [-0.2, -0.15) is 0 Å². The van der Waals surface area contributed by atoms with Crippen LogP contribution in [0.1, 0.15) is 5.82 Å². The Morgan fingerprint density at radius 1 is 1.50 bits per heavy atom. The number of halogens is 2. The average Bonchev–Trinajstić information content (AvgIpc) is 2.77. The summed E-state index contributed by atoms with van der Waals surface area (Å²) in [4.78, 5) is 7.29. The van der Waals surface area contributed by atoms with Crippen LogP contribution in [0.25, 0.3) is 11.3 Å². The Morgan fingerprint density at radius 3 is 2.94 bits per heavy atom. The van der Waals surface area contributed by atoms with E-state index in [9.17, 15) is 0 Å². The Hall–Kier alpha value is -1.00. The first-order chi connectivity index (χ1) is 7.74. The SMILES string of the molecule is COc1ccc(Br)cc1-c1cnc(CCl)[nH]1. The van der Waals surface area contributed by atoms with Gasteiger partial charge < -0.3 is 9.72 Å². The molecule has 0 aliphatic rings. The third kappa shape index (κ3) is 2.23.